The molecule has 1 aromatic heterocycles. The number of benzene rings is 2. The van der Waals surface area contributed by atoms with Crippen molar-refractivity contribution in [2.24, 2.45) is 0 Å². The summed E-state index contributed by atoms with van der Waals surface area (Å²) in [5.74, 6) is -1.01. The maximum atomic E-state index is 14.8. The minimum atomic E-state index is -0.590. The molecule has 1 N–H and O–H groups in total. The van der Waals surface area contributed by atoms with Crippen LogP contribution < -0.4 is 5.56 Å². The molecule has 1 aliphatic heterocycles. The predicted octanol–water partition coefficient (Wildman–Crippen LogP) is 6.18. The Hall–Kier alpha value is -4.08. The summed E-state index contributed by atoms with van der Waals surface area (Å²) in [6.45, 7) is 7.22. The van der Waals surface area contributed by atoms with Crippen LogP contribution in [0.15, 0.2) is 47.3 Å². The van der Waals surface area contributed by atoms with Crippen LogP contribution in [0.4, 0.5) is 4.39 Å². The van der Waals surface area contributed by atoms with Crippen molar-refractivity contribution in [3.63, 3.8) is 0 Å². The molecule has 4 rings (SSSR count). The number of aromatic amines is 1. The highest BCUT2D eigenvalue weighted by Crippen LogP contribution is 2.21. The van der Waals surface area contributed by atoms with Crippen LogP contribution in [-0.2, 0) is 20.7 Å². The number of piperazine rings is 1. The van der Waals surface area contributed by atoms with Crippen molar-refractivity contribution >= 4 is 28.6 Å². The van der Waals surface area contributed by atoms with Gasteiger partial charge in [0.15, 0.2) is 0 Å². The van der Waals surface area contributed by atoms with E-state index in [-0.39, 0.29) is 23.0 Å². The largest absolute Gasteiger partial charge is 0.460 e. The van der Waals surface area contributed by atoms with E-state index in [1.54, 1.807) is 34.1 Å². The molecule has 1 fully saturated rings. The van der Waals surface area contributed by atoms with Crippen molar-refractivity contribution in [1.29, 1.82) is 0 Å². The Morgan fingerprint density at radius 2 is 1.41 bits per heavy atom. The second kappa shape index (κ2) is 16.5. The average Bonchev–Trinajstić information content (AvgIpc) is 3.03. The number of halogens is 1. The van der Waals surface area contributed by atoms with Crippen molar-refractivity contribution in [2.45, 2.75) is 97.0 Å². The third-order valence-corrected chi connectivity index (χ3v) is 8.27. The maximum absolute atomic E-state index is 14.8. The zero-order valence-corrected chi connectivity index (χ0v) is 27.4. The third kappa shape index (κ3) is 10.2. The zero-order chi connectivity index (χ0) is 33.1. The molecule has 0 spiro atoms. The Morgan fingerprint density at radius 3 is 2.07 bits per heavy atom. The Kier molecular flexibility index (Phi) is 12.5. The molecule has 1 saturated heterocycles. The zero-order valence-electron chi connectivity index (χ0n) is 27.4. The highest BCUT2D eigenvalue weighted by atomic mass is 19.1. The number of rotatable bonds is 14. The lowest BCUT2D eigenvalue weighted by atomic mass is 10.0. The smallest absolute Gasteiger partial charge is 0.306 e. The lowest BCUT2D eigenvalue weighted by molar-refractivity contribution is -0.154. The number of unbranched alkanes of at least 4 members (excludes halogenated alkanes) is 7. The van der Waals surface area contributed by atoms with Crippen LogP contribution in [0.5, 0.6) is 0 Å². The molecule has 10 heteroatoms. The van der Waals surface area contributed by atoms with Gasteiger partial charge in [0, 0.05) is 50.8 Å². The van der Waals surface area contributed by atoms with Crippen molar-refractivity contribution < 1.29 is 23.5 Å². The molecule has 0 saturated carbocycles. The van der Waals surface area contributed by atoms with Crippen molar-refractivity contribution in [2.75, 3.05) is 26.2 Å². The SMILES string of the molecule is CC(C)(C)OC(=O)CCCCCCCCCCC(=O)N1CCN(C(=O)c2cc(Cc3n[nH]c(=O)c4ccccc34)ccc2F)CC1. The van der Waals surface area contributed by atoms with Crippen LogP contribution >= 0.6 is 0 Å². The Bertz CT molecular complexity index is 1560. The van der Waals surface area contributed by atoms with Crippen LogP contribution in [0.2, 0.25) is 0 Å². The van der Waals surface area contributed by atoms with Gasteiger partial charge in [0.2, 0.25) is 5.91 Å². The van der Waals surface area contributed by atoms with Crippen LogP contribution in [0.1, 0.15) is 107 Å². The standard InChI is InChI=1S/C36H47FN4O5/c1-36(2,3)46-33(43)17-11-9-7-5-4-6-8-10-16-32(42)40-20-22-41(23-21-40)35(45)29-24-26(18-19-30(29)37)25-31-27-14-12-13-15-28(27)34(44)39-38-31/h12-15,18-19,24H,4-11,16-17,20-23,25H2,1-3H3,(H,39,44). The molecular weight excluding hydrogens is 587 g/mol. The molecule has 0 bridgehead atoms. The van der Waals surface area contributed by atoms with Gasteiger partial charge < -0.3 is 14.5 Å². The second-order valence-corrected chi connectivity index (χ2v) is 13.1. The van der Waals surface area contributed by atoms with Crippen molar-refractivity contribution in [3.8, 4) is 0 Å². The molecule has 3 aromatic rings. The lowest BCUT2D eigenvalue weighted by Crippen LogP contribution is -2.50. The number of hydrogen-bond acceptors (Lipinski definition) is 6. The van der Waals surface area contributed by atoms with Gasteiger partial charge in [0.25, 0.3) is 11.5 Å². The van der Waals surface area contributed by atoms with Crippen LogP contribution in [-0.4, -0.2) is 69.6 Å². The van der Waals surface area contributed by atoms with E-state index in [9.17, 15) is 23.6 Å². The molecule has 2 aromatic carbocycles. The summed E-state index contributed by atoms with van der Waals surface area (Å²) >= 11 is 0. The molecule has 0 radical (unpaired) electrons. The van der Waals surface area contributed by atoms with Gasteiger partial charge in [-0.15, -0.1) is 0 Å². The van der Waals surface area contributed by atoms with Gasteiger partial charge in [0.1, 0.15) is 11.4 Å². The summed E-state index contributed by atoms with van der Waals surface area (Å²) in [7, 11) is 0. The first-order valence-corrected chi connectivity index (χ1v) is 16.6. The Morgan fingerprint density at radius 1 is 0.826 bits per heavy atom. The number of nitrogens with zero attached hydrogens (tertiary/aromatic N) is 3. The number of fused-ring (bicyclic) bond motifs is 1. The number of nitrogens with one attached hydrogen (secondary N) is 1. The van der Waals surface area contributed by atoms with Crippen LogP contribution in [0.25, 0.3) is 10.8 Å². The van der Waals surface area contributed by atoms with E-state index < -0.39 is 17.3 Å². The molecule has 9 nitrogen and oxygen atoms in total. The number of esters is 1. The highest BCUT2D eigenvalue weighted by molar-refractivity contribution is 5.95. The van der Waals surface area contributed by atoms with Gasteiger partial charge in [-0.2, -0.15) is 5.10 Å². The minimum Gasteiger partial charge on any atom is -0.460 e. The number of carbonyl (C=O) groups is 3. The van der Waals surface area contributed by atoms with E-state index in [1.807, 2.05) is 32.9 Å². The number of carbonyl (C=O) groups excluding carboxylic acids is 3. The molecule has 0 atom stereocenters. The first-order chi connectivity index (χ1) is 22.0. The predicted molar refractivity (Wildman–Crippen MR) is 176 cm³/mol. The third-order valence-electron chi connectivity index (χ3n) is 8.27. The lowest BCUT2D eigenvalue weighted by Gasteiger charge is -2.35. The van der Waals surface area contributed by atoms with Crippen LogP contribution in [0.3, 0.4) is 0 Å². The van der Waals surface area contributed by atoms with Crippen LogP contribution in [0, 0.1) is 5.82 Å². The highest BCUT2D eigenvalue weighted by Gasteiger charge is 2.26. The van der Waals surface area contributed by atoms with Gasteiger partial charge in [0.05, 0.1) is 16.6 Å². The summed E-state index contributed by atoms with van der Waals surface area (Å²) < 4.78 is 20.2. The molecular formula is C36H47FN4O5. The molecule has 2 amide bonds. The molecule has 0 unspecified atom stereocenters. The van der Waals surface area contributed by atoms with E-state index in [0.717, 1.165) is 51.4 Å². The Labute approximate surface area is 270 Å². The summed E-state index contributed by atoms with van der Waals surface area (Å²) in [6, 6.07) is 11.6. The van der Waals surface area contributed by atoms with E-state index >= 15 is 0 Å². The number of hydrogen-bond donors (Lipinski definition) is 1. The molecule has 46 heavy (non-hydrogen) atoms. The first kappa shape index (κ1) is 34.8. The molecule has 2 heterocycles. The maximum Gasteiger partial charge on any atom is 0.306 e. The monoisotopic (exact) mass is 634 g/mol. The molecule has 248 valence electrons. The van der Waals surface area contributed by atoms with Gasteiger partial charge in [-0.3, -0.25) is 19.2 Å². The first-order valence-electron chi connectivity index (χ1n) is 16.6. The topological polar surface area (TPSA) is 113 Å². The van der Waals surface area contributed by atoms with Crippen molar-refractivity contribution in [1.82, 2.24) is 20.0 Å². The van der Waals surface area contributed by atoms with Crippen molar-refractivity contribution in [3.05, 3.63) is 75.5 Å². The molecule has 0 aliphatic carbocycles. The second-order valence-electron chi connectivity index (χ2n) is 13.1. The fourth-order valence-corrected chi connectivity index (χ4v) is 5.83. The Balaban J connectivity index is 1.14. The fourth-order valence-electron chi connectivity index (χ4n) is 5.83. The minimum absolute atomic E-state index is 0.00551. The summed E-state index contributed by atoms with van der Waals surface area (Å²) in [5.41, 5.74) is 0.642. The van der Waals surface area contributed by atoms with Gasteiger partial charge >= 0.3 is 5.97 Å². The fraction of sp³-hybridized carbons (Fsp3) is 0.528. The normalized spacial score (nSPS) is 13.7. The average molecular weight is 635 g/mol. The summed E-state index contributed by atoms with van der Waals surface area (Å²) in [6.07, 6.45) is 9.46. The quantitative estimate of drug-likeness (QED) is 0.167. The number of ether oxygens (including phenoxy) is 1. The van der Waals surface area contributed by atoms with E-state index in [4.69, 9.17) is 4.74 Å². The van der Waals surface area contributed by atoms with E-state index in [1.165, 1.54) is 6.07 Å². The van der Waals surface area contributed by atoms with Gasteiger partial charge in [-0.25, -0.2) is 9.49 Å². The van der Waals surface area contributed by atoms with Gasteiger partial charge in [-0.1, -0.05) is 62.8 Å². The number of H-pyrrole nitrogens is 1. The molecule has 1 aliphatic rings. The summed E-state index contributed by atoms with van der Waals surface area (Å²) in [5, 5.41) is 7.96. The van der Waals surface area contributed by atoms with E-state index in [2.05, 4.69) is 10.2 Å². The number of aromatic nitrogens is 2. The van der Waals surface area contributed by atoms with Gasteiger partial charge in [-0.05, 0) is 57.4 Å². The summed E-state index contributed by atoms with van der Waals surface area (Å²) in [4.78, 5) is 53.4. The van der Waals surface area contributed by atoms with E-state index in [0.29, 0.717) is 67.5 Å². The number of amides is 2.